The predicted octanol–water partition coefficient (Wildman–Crippen LogP) is 3.91. The lowest BCUT2D eigenvalue weighted by Gasteiger charge is -2.17. The minimum Gasteiger partial charge on any atom is -0.311 e. The van der Waals surface area contributed by atoms with Crippen LogP contribution in [0.25, 0.3) is 10.1 Å². The first-order chi connectivity index (χ1) is 7.72. The Kier molecular flexibility index (Phi) is 3.56. The Morgan fingerprint density at radius 2 is 2.19 bits per heavy atom. The summed E-state index contributed by atoms with van der Waals surface area (Å²) >= 11 is 1.69. The fourth-order valence-electron chi connectivity index (χ4n) is 1.87. The standard InChI is InChI=1S/C13H16FNS/c1-3-15-9(2)13(14)11-4-5-12-10(8-11)6-7-16-12/h4-9,13,15H,3H2,1-2H3. The van der Waals surface area contributed by atoms with Crippen LogP contribution in [-0.2, 0) is 0 Å². The van der Waals surface area contributed by atoms with E-state index in [1.807, 2.05) is 43.5 Å². The van der Waals surface area contributed by atoms with Gasteiger partial charge in [-0.3, -0.25) is 0 Å². The maximum absolute atomic E-state index is 14.1. The lowest BCUT2D eigenvalue weighted by molar-refractivity contribution is 0.269. The Morgan fingerprint density at radius 1 is 1.38 bits per heavy atom. The van der Waals surface area contributed by atoms with E-state index in [0.717, 1.165) is 17.5 Å². The quantitative estimate of drug-likeness (QED) is 0.850. The molecule has 1 nitrogen and oxygen atoms in total. The van der Waals surface area contributed by atoms with Crippen LogP contribution >= 0.6 is 11.3 Å². The van der Waals surface area contributed by atoms with Crippen LogP contribution in [0, 0.1) is 0 Å². The van der Waals surface area contributed by atoms with Gasteiger partial charge in [-0.1, -0.05) is 13.0 Å². The van der Waals surface area contributed by atoms with Crippen molar-refractivity contribution in [1.82, 2.24) is 5.32 Å². The molecule has 2 unspecified atom stereocenters. The van der Waals surface area contributed by atoms with Gasteiger partial charge in [-0.2, -0.15) is 0 Å². The molecule has 2 aromatic rings. The second-order valence-electron chi connectivity index (χ2n) is 3.97. The van der Waals surface area contributed by atoms with Gasteiger partial charge in [0.1, 0.15) is 6.17 Å². The molecule has 86 valence electrons. The monoisotopic (exact) mass is 237 g/mol. The van der Waals surface area contributed by atoms with Crippen molar-refractivity contribution < 1.29 is 4.39 Å². The van der Waals surface area contributed by atoms with Gasteiger partial charge in [0.15, 0.2) is 0 Å². The number of fused-ring (bicyclic) bond motifs is 1. The zero-order chi connectivity index (χ0) is 11.5. The lowest BCUT2D eigenvalue weighted by Crippen LogP contribution is -2.29. The van der Waals surface area contributed by atoms with Crippen LogP contribution in [-0.4, -0.2) is 12.6 Å². The second kappa shape index (κ2) is 4.93. The summed E-state index contributed by atoms with van der Waals surface area (Å²) in [6, 6.07) is 7.73. The Bertz CT molecular complexity index is 466. The highest BCUT2D eigenvalue weighted by Crippen LogP contribution is 2.27. The molecule has 0 aliphatic carbocycles. The number of halogens is 1. The molecule has 16 heavy (non-hydrogen) atoms. The van der Waals surface area contributed by atoms with Crippen molar-refractivity contribution in [1.29, 1.82) is 0 Å². The third-order valence-electron chi connectivity index (χ3n) is 2.76. The molecular weight excluding hydrogens is 221 g/mol. The van der Waals surface area contributed by atoms with Crippen LogP contribution in [0.1, 0.15) is 25.6 Å². The van der Waals surface area contributed by atoms with E-state index in [9.17, 15) is 4.39 Å². The van der Waals surface area contributed by atoms with Crippen molar-refractivity contribution in [2.75, 3.05) is 6.54 Å². The number of likely N-dealkylation sites (N-methyl/N-ethyl adjacent to an activating group) is 1. The molecule has 0 bridgehead atoms. The number of thiophene rings is 1. The average molecular weight is 237 g/mol. The Morgan fingerprint density at radius 3 is 2.94 bits per heavy atom. The van der Waals surface area contributed by atoms with E-state index in [-0.39, 0.29) is 6.04 Å². The van der Waals surface area contributed by atoms with Crippen molar-refractivity contribution in [3.8, 4) is 0 Å². The number of benzene rings is 1. The van der Waals surface area contributed by atoms with E-state index in [2.05, 4.69) is 5.32 Å². The van der Waals surface area contributed by atoms with Gasteiger partial charge in [0, 0.05) is 10.7 Å². The summed E-state index contributed by atoms with van der Waals surface area (Å²) in [5.41, 5.74) is 0.763. The van der Waals surface area contributed by atoms with Crippen LogP contribution < -0.4 is 5.32 Å². The molecule has 0 saturated heterocycles. The predicted molar refractivity (Wildman–Crippen MR) is 68.8 cm³/mol. The van der Waals surface area contributed by atoms with E-state index >= 15 is 0 Å². The zero-order valence-corrected chi connectivity index (χ0v) is 10.4. The molecule has 0 amide bonds. The largest absolute Gasteiger partial charge is 0.311 e. The summed E-state index contributed by atoms with van der Waals surface area (Å²) in [6.07, 6.45) is -0.941. The van der Waals surface area contributed by atoms with Crippen LogP contribution in [0.4, 0.5) is 4.39 Å². The maximum atomic E-state index is 14.1. The SMILES string of the molecule is CCNC(C)C(F)c1ccc2sccc2c1. The fourth-order valence-corrected chi connectivity index (χ4v) is 2.64. The summed E-state index contributed by atoms with van der Waals surface area (Å²) in [5.74, 6) is 0. The van der Waals surface area contributed by atoms with Gasteiger partial charge in [0.25, 0.3) is 0 Å². The molecule has 3 heteroatoms. The normalized spacial score (nSPS) is 15.2. The van der Waals surface area contributed by atoms with E-state index in [4.69, 9.17) is 0 Å². The third kappa shape index (κ3) is 2.25. The Labute approximate surface area is 99.3 Å². The molecule has 1 aromatic heterocycles. The number of alkyl halides is 1. The number of hydrogen-bond acceptors (Lipinski definition) is 2. The molecular formula is C13H16FNS. The Hall–Kier alpha value is -0.930. The molecule has 1 heterocycles. The first kappa shape index (κ1) is 11.6. The van der Waals surface area contributed by atoms with E-state index in [1.165, 1.54) is 4.70 Å². The molecule has 0 spiro atoms. The van der Waals surface area contributed by atoms with Crippen LogP contribution in [0.3, 0.4) is 0 Å². The minimum atomic E-state index is -0.941. The topological polar surface area (TPSA) is 12.0 Å². The first-order valence-corrected chi connectivity index (χ1v) is 6.45. The third-order valence-corrected chi connectivity index (χ3v) is 3.66. The van der Waals surface area contributed by atoms with Gasteiger partial charge in [-0.25, -0.2) is 4.39 Å². The van der Waals surface area contributed by atoms with E-state index < -0.39 is 6.17 Å². The molecule has 1 N–H and O–H groups in total. The van der Waals surface area contributed by atoms with Crippen molar-refractivity contribution in [2.24, 2.45) is 0 Å². The molecule has 0 aliphatic heterocycles. The molecule has 0 radical (unpaired) electrons. The maximum Gasteiger partial charge on any atom is 0.140 e. The van der Waals surface area contributed by atoms with Crippen LogP contribution in [0.2, 0.25) is 0 Å². The summed E-state index contributed by atoms with van der Waals surface area (Å²) < 4.78 is 15.3. The summed E-state index contributed by atoms with van der Waals surface area (Å²) in [5, 5.41) is 6.28. The highest BCUT2D eigenvalue weighted by Gasteiger charge is 2.17. The van der Waals surface area contributed by atoms with Gasteiger partial charge in [0.05, 0.1) is 0 Å². The summed E-state index contributed by atoms with van der Waals surface area (Å²) in [7, 11) is 0. The number of nitrogens with one attached hydrogen (secondary N) is 1. The van der Waals surface area contributed by atoms with Crippen molar-refractivity contribution in [3.63, 3.8) is 0 Å². The van der Waals surface area contributed by atoms with Crippen molar-refractivity contribution >= 4 is 21.4 Å². The molecule has 0 aliphatic rings. The zero-order valence-electron chi connectivity index (χ0n) is 9.53. The lowest BCUT2D eigenvalue weighted by atomic mass is 10.0. The number of rotatable bonds is 4. The molecule has 2 atom stereocenters. The van der Waals surface area contributed by atoms with Gasteiger partial charge >= 0.3 is 0 Å². The van der Waals surface area contributed by atoms with Gasteiger partial charge in [-0.05, 0) is 48.0 Å². The van der Waals surface area contributed by atoms with Gasteiger partial charge in [-0.15, -0.1) is 11.3 Å². The van der Waals surface area contributed by atoms with Gasteiger partial charge < -0.3 is 5.32 Å². The van der Waals surface area contributed by atoms with Crippen molar-refractivity contribution in [3.05, 3.63) is 35.2 Å². The average Bonchev–Trinajstić information content (AvgIpc) is 2.75. The first-order valence-electron chi connectivity index (χ1n) is 5.57. The van der Waals surface area contributed by atoms with Crippen LogP contribution in [0.15, 0.2) is 29.6 Å². The van der Waals surface area contributed by atoms with Gasteiger partial charge in [0.2, 0.25) is 0 Å². The highest BCUT2D eigenvalue weighted by atomic mass is 32.1. The number of hydrogen-bond donors (Lipinski definition) is 1. The summed E-state index contributed by atoms with van der Waals surface area (Å²) in [4.78, 5) is 0. The molecule has 2 rings (SSSR count). The minimum absolute atomic E-state index is 0.138. The van der Waals surface area contributed by atoms with Crippen LogP contribution in [0.5, 0.6) is 0 Å². The molecule has 0 fully saturated rings. The highest BCUT2D eigenvalue weighted by molar-refractivity contribution is 7.17. The second-order valence-corrected chi connectivity index (χ2v) is 4.91. The van der Waals surface area contributed by atoms with E-state index in [1.54, 1.807) is 11.3 Å². The van der Waals surface area contributed by atoms with Crippen molar-refractivity contribution in [2.45, 2.75) is 26.1 Å². The Balaban J connectivity index is 2.24. The molecule has 1 aromatic carbocycles. The molecule has 0 saturated carbocycles. The fraction of sp³-hybridized carbons (Fsp3) is 0.385. The summed E-state index contributed by atoms with van der Waals surface area (Å²) in [6.45, 7) is 4.67. The van der Waals surface area contributed by atoms with E-state index in [0.29, 0.717) is 0 Å². The smallest absolute Gasteiger partial charge is 0.140 e.